The molecule has 2 rings (SSSR count). The van der Waals surface area contributed by atoms with Gasteiger partial charge in [0.25, 0.3) is 0 Å². The fraction of sp³-hybridized carbons (Fsp3) is 0.0769. The molecular weight excluding hydrogens is 292 g/mol. The molecule has 0 spiro atoms. The van der Waals surface area contributed by atoms with E-state index in [-0.39, 0.29) is 11.3 Å². The molecule has 0 aliphatic heterocycles. The van der Waals surface area contributed by atoms with Crippen LogP contribution >= 0.6 is 23.2 Å². The van der Waals surface area contributed by atoms with Crippen molar-refractivity contribution in [1.29, 1.82) is 0 Å². The fourth-order valence-corrected chi connectivity index (χ4v) is 2.17. The molecule has 0 atom stereocenters. The number of benzene rings is 1. The van der Waals surface area contributed by atoms with Crippen LogP contribution in [0, 0.1) is 5.95 Å². The maximum Gasteiger partial charge on any atom is 0.342 e. The minimum Gasteiger partial charge on any atom is -0.465 e. The number of ether oxygens (including phenoxy) is 1. The van der Waals surface area contributed by atoms with Gasteiger partial charge in [0.1, 0.15) is 5.56 Å². The van der Waals surface area contributed by atoms with Crippen molar-refractivity contribution < 1.29 is 13.9 Å². The Balaban J connectivity index is 2.54. The number of hydrogen-bond acceptors (Lipinski definition) is 3. The second-order valence-electron chi connectivity index (χ2n) is 3.62. The van der Waals surface area contributed by atoms with E-state index in [0.29, 0.717) is 15.6 Å². The average Bonchev–Trinajstić information content (AvgIpc) is 2.38. The SMILES string of the molecule is COC(=O)c1ccc(-c2c(Cl)cccc2Cl)nc1F. The van der Waals surface area contributed by atoms with Crippen LogP contribution in [0.1, 0.15) is 10.4 Å². The van der Waals surface area contributed by atoms with Crippen LogP contribution in [0.3, 0.4) is 0 Å². The number of methoxy groups -OCH3 is 1. The molecule has 0 saturated carbocycles. The lowest BCUT2D eigenvalue weighted by molar-refractivity contribution is 0.0594. The number of nitrogens with zero attached hydrogens (tertiary/aromatic N) is 1. The molecule has 0 fully saturated rings. The lowest BCUT2D eigenvalue weighted by Gasteiger charge is -2.07. The van der Waals surface area contributed by atoms with Crippen molar-refractivity contribution in [2.75, 3.05) is 7.11 Å². The van der Waals surface area contributed by atoms with E-state index in [1.165, 1.54) is 19.2 Å². The standard InChI is InChI=1S/C13H8Cl2FNO2/c1-19-13(18)7-5-6-10(17-12(7)16)11-8(14)3-2-4-9(11)15/h2-6H,1H3. The molecule has 0 bridgehead atoms. The summed E-state index contributed by atoms with van der Waals surface area (Å²) < 4.78 is 18.2. The fourth-order valence-electron chi connectivity index (χ4n) is 1.58. The van der Waals surface area contributed by atoms with Crippen LogP contribution in [0.5, 0.6) is 0 Å². The van der Waals surface area contributed by atoms with Gasteiger partial charge in [0.15, 0.2) is 0 Å². The summed E-state index contributed by atoms with van der Waals surface area (Å²) in [7, 11) is 1.17. The van der Waals surface area contributed by atoms with Gasteiger partial charge in [0, 0.05) is 5.56 Å². The molecule has 0 radical (unpaired) electrons. The Morgan fingerprint density at radius 2 is 1.84 bits per heavy atom. The maximum absolute atomic E-state index is 13.7. The molecule has 2 aromatic rings. The van der Waals surface area contributed by atoms with Crippen molar-refractivity contribution in [2.24, 2.45) is 0 Å². The summed E-state index contributed by atoms with van der Waals surface area (Å²) in [6, 6.07) is 7.66. The zero-order chi connectivity index (χ0) is 14.0. The van der Waals surface area contributed by atoms with Crippen LogP contribution in [0.15, 0.2) is 30.3 Å². The van der Waals surface area contributed by atoms with Gasteiger partial charge < -0.3 is 4.74 Å². The van der Waals surface area contributed by atoms with E-state index < -0.39 is 11.9 Å². The summed E-state index contributed by atoms with van der Waals surface area (Å²) in [5.74, 6) is -1.72. The molecule has 98 valence electrons. The van der Waals surface area contributed by atoms with Gasteiger partial charge in [0.2, 0.25) is 5.95 Å². The van der Waals surface area contributed by atoms with E-state index in [0.717, 1.165) is 0 Å². The molecule has 0 N–H and O–H groups in total. The number of carbonyl (C=O) groups is 1. The van der Waals surface area contributed by atoms with Gasteiger partial charge in [-0.3, -0.25) is 0 Å². The molecule has 19 heavy (non-hydrogen) atoms. The highest BCUT2D eigenvalue weighted by Crippen LogP contribution is 2.33. The lowest BCUT2D eigenvalue weighted by Crippen LogP contribution is -2.06. The highest BCUT2D eigenvalue weighted by atomic mass is 35.5. The predicted molar refractivity (Wildman–Crippen MR) is 71.0 cm³/mol. The number of aromatic nitrogens is 1. The molecule has 0 aliphatic carbocycles. The minimum atomic E-state index is -0.930. The van der Waals surface area contributed by atoms with E-state index in [2.05, 4.69) is 9.72 Å². The van der Waals surface area contributed by atoms with E-state index in [1.807, 2.05) is 0 Å². The van der Waals surface area contributed by atoms with Gasteiger partial charge in [0.05, 0.1) is 22.8 Å². The average molecular weight is 300 g/mol. The van der Waals surface area contributed by atoms with E-state index in [4.69, 9.17) is 23.2 Å². The third-order valence-corrected chi connectivity index (χ3v) is 3.10. The first kappa shape index (κ1) is 13.8. The smallest absolute Gasteiger partial charge is 0.342 e. The quantitative estimate of drug-likeness (QED) is 0.622. The number of hydrogen-bond donors (Lipinski definition) is 0. The third kappa shape index (κ3) is 2.69. The zero-order valence-electron chi connectivity index (χ0n) is 9.78. The first-order valence-corrected chi connectivity index (χ1v) is 5.99. The molecule has 1 aromatic heterocycles. The first-order chi connectivity index (χ1) is 9.04. The Hall–Kier alpha value is -1.65. The molecular formula is C13H8Cl2FNO2. The monoisotopic (exact) mass is 299 g/mol. The Labute approximate surface area is 118 Å². The van der Waals surface area contributed by atoms with Gasteiger partial charge in [-0.25, -0.2) is 9.78 Å². The van der Waals surface area contributed by atoms with Gasteiger partial charge in [-0.2, -0.15) is 4.39 Å². The Kier molecular flexibility index (Phi) is 4.02. The highest BCUT2D eigenvalue weighted by Gasteiger charge is 2.16. The van der Waals surface area contributed by atoms with Crippen LogP contribution < -0.4 is 0 Å². The molecule has 1 heterocycles. The van der Waals surface area contributed by atoms with Crippen LogP contribution in [0.4, 0.5) is 4.39 Å². The van der Waals surface area contributed by atoms with Crippen LogP contribution in [0.25, 0.3) is 11.3 Å². The van der Waals surface area contributed by atoms with E-state index in [1.54, 1.807) is 18.2 Å². The molecule has 0 aliphatic rings. The summed E-state index contributed by atoms with van der Waals surface area (Å²) in [6.45, 7) is 0. The van der Waals surface area contributed by atoms with Gasteiger partial charge in [-0.1, -0.05) is 29.3 Å². The number of carbonyl (C=O) groups excluding carboxylic acids is 1. The Morgan fingerprint density at radius 1 is 1.21 bits per heavy atom. The van der Waals surface area contributed by atoms with Crippen LogP contribution in [0.2, 0.25) is 10.0 Å². The highest BCUT2D eigenvalue weighted by molar-refractivity contribution is 6.39. The van der Waals surface area contributed by atoms with Gasteiger partial charge in [-0.15, -0.1) is 0 Å². The topological polar surface area (TPSA) is 39.2 Å². The molecule has 1 aromatic carbocycles. The molecule has 0 amide bonds. The van der Waals surface area contributed by atoms with Crippen molar-refractivity contribution in [3.8, 4) is 11.3 Å². The van der Waals surface area contributed by atoms with Crippen LogP contribution in [-0.2, 0) is 4.74 Å². The summed E-state index contributed by atoms with van der Waals surface area (Å²) in [6.07, 6.45) is 0. The summed E-state index contributed by atoms with van der Waals surface area (Å²) >= 11 is 12.0. The summed E-state index contributed by atoms with van der Waals surface area (Å²) in [4.78, 5) is 15.0. The number of esters is 1. The van der Waals surface area contributed by atoms with Gasteiger partial charge in [-0.05, 0) is 24.3 Å². The summed E-state index contributed by atoms with van der Waals surface area (Å²) in [5, 5.41) is 0.704. The first-order valence-electron chi connectivity index (χ1n) is 5.24. The van der Waals surface area contributed by atoms with Gasteiger partial charge >= 0.3 is 5.97 Å². The predicted octanol–water partition coefficient (Wildman–Crippen LogP) is 3.98. The van der Waals surface area contributed by atoms with Crippen molar-refractivity contribution in [3.63, 3.8) is 0 Å². The Bertz CT molecular complexity index is 626. The molecule has 6 heteroatoms. The molecule has 3 nitrogen and oxygen atoms in total. The van der Waals surface area contributed by atoms with E-state index >= 15 is 0 Å². The van der Waals surface area contributed by atoms with Crippen molar-refractivity contribution in [3.05, 3.63) is 51.9 Å². The maximum atomic E-state index is 13.7. The summed E-state index contributed by atoms with van der Waals surface area (Å²) in [5.41, 5.74) is 0.427. The lowest BCUT2D eigenvalue weighted by atomic mass is 10.1. The largest absolute Gasteiger partial charge is 0.465 e. The number of pyridine rings is 1. The normalized spacial score (nSPS) is 10.3. The number of halogens is 3. The van der Waals surface area contributed by atoms with E-state index in [9.17, 15) is 9.18 Å². The minimum absolute atomic E-state index is 0.241. The van der Waals surface area contributed by atoms with Crippen molar-refractivity contribution in [2.45, 2.75) is 0 Å². The third-order valence-electron chi connectivity index (χ3n) is 2.47. The van der Waals surface area contributed by atoms with Crippen molar-refractivity contribution in [1.82, 2.24) is 4.98 Å². The second-order valence-corrected chi connectivity index (χ2v) is 4.44. The zero-order valence-corrected chi connectivity index (χ0v) is 11.3. The second kappa shape index (κ2) is 5.55. The molecule has 0 unspecified atom stereocenters. The number of rotatable bonds is 2. The van der Waals surface area contributed by atoms with Crippen molar-refractivity contribution >= 4 is 29.2 Å². The Morgan fingerprint density at radius 3 is 2.37 bits per heavy atom. The van der Waals surface area contributed by atoms with Crippen LogP contribution in [-0.4, -0.2) is 18.1 Å². The molecule has 0 saturated heterocycles.